The number of methoxy groups -OCH3 is 1. The van der Waals surface area contributed by atoms with E-state index in [1.165, 1.54) is 31.4 Å². The maximum absolute atomic E-state index is 13.6. The maximum atomic E-state index is 13.6. The summed E-state index contributed by atoms with van der Waals surface area (Å²) in [6, 6.07) is 10.3. The van der Waals surface area contributed by atoms with Crippen LogP contribution in [-0.4, -0.2) is 30.6 Å². The molecular weight excluding hydrogens is 387 g/mol. The molecule has 0 aliphatic rings. The van der Waals surface area contributed by atoms with Crippen LogP contribution in [0.25, 0.3) is 10.9 Å². The Labute approximate surface area is 165 Å². The number of anilines is 1. The Hall–Kier alpha value is -3.19. The lowest BCUT2D eigenvalue weighted by Gasteiger charge is -2.12. The molecule has 1 heterocycles. The minimum Gasteiger partial charge on any atom is -0.483 e. The summed E-state index contributed by atoms with van der Waals surface area (Å²) in [7, 11) is 1.22. The van der Waals surface area contributed by atoms with Crippen LogP contribution in [0.4, 0.5) is 10.1 Å². The van der Waals surface area contributed by atoms with E-state index in [9.17, 15) is 14.0 Å². The summed E-state index contributed by atoms with van der Waals surface area (Å²) >= 11 is 6.04. The molecule has 2 aromatic carbocycles. The molecule has 1 N–H and O–H groups in total. The molecule has 0 radical (unpaired) electrons. The van der Waals surface area contributed by atoms with Crippen molar-refractivity contribution in [3.63, 3.8) is 0 Å². The van der Waals surface area contributed by atoms with Crippen molar-refractivity contribution in [3.05, 3.63) is 64.6 Å². The van der Waals surface area contributed by atoms with E-state index >= 15 is 0 Å². The minimum atomic E-state index is -0.671. The maximum Gasteiger partial charge on any atom is 0.356 e. The number of hydrogen-bond acceptors (Lipinski definition) is 5. The first-order chi connectivity index (χ1) is 13.4. The highest BCUT2D eigenvalue weighted by atomic mass is 35.5. The number of nitrogens with one attached hydrogen (secondary N) is 1. The number of carbonyl (C=O) groups is 2. The SMILES string of the molecule is COC(=O)c1cc(OCC(=O)Nc2cccc(Cl)c2C)c2cc(F)ccc2n1. The highest BCUT2D eigenvalue weighted by Gasteiger charge is 2.15. The van der Waals surface area contributed by atoms with E-state index in [0.717, 1.165) is 5.56 Å². The largest absolute Gasteiger partial charge is 0.483 e. The van der Waals surface area contributed by atoms with Gasteiger partial charge in [0.25, 0.3) is 5.91 Å². The molecule has 0 fully saturated rings. The summed E-state index contributed by atoms with van der Waals surface area (Å²) in [5.74, 6) is -1.46. The van der Waals surface area contributed by atoms with Gasteiger partial charge in [-0.25, -0.2) is 14.2 Å². The van der Waals surface area contributed by atoms with Gasteiger partial charge in [0.1, 0.15) is 11.6 Å². The quantitative estimate of drug-likeness (QED) is 0.649. The lowest BCUT2D eigenvalue weighted by molar-refractivity contribution is -0.118. The van der Waals surface area contributed by atoms with E-state index in [2.05, 4.69) is 15.0 Å². The predicted molar refractivity (Wildman–Crippen MR) is 103 cm³/mol. The van der Waals surface area contributed by atoms with Gasteiger partial charge in [-0.3, -0.25) is 4.79 Å². The molecule has 6 nitrogen and oxygen atoms in total. The van der Waals surface area contributed by atoms with E-state index in [0.29, 0.717) is 21.6 Å². The van der Waals surface area contributed by atoms with Crippen molar-refractivity contribution in [3.8, 4) is 5.75 Å². The number of carbonyl (C=O) groups excluding carboxylic acids is 2. The number of fused-ring (bicyclic) bond motifs is 1. The molecule has 0 unspecified atom stereocenters. The third-order valence-electron chi connectivity index (χ3n) is 4.03. The molecule has 0 atom stereocenters. The van der Waals surface area contributed by atoms with Crippen LogP contribution in [0.15, 0.2) is 42.5 Å². The second kappa shape index (κ2) is 8.22. The van der Waals surface area contributed by atoms with Crippen LogP contribution < -0.4 is 10.1 Å². The van der Waals surface area contributed by atoms with Gasteiger partial charge in [0.05, 0.1) is 12.6 Å². The number of amides is 1. The molecule has 28 heavy (non-hydrogen) atoms. The van der Waals surface area contributed by atoms with Crippen molar-refractivity contribution in [1.82, 2.24) is 4.98 Å². The van der Waals surface area contributed by atoms with Crippen molar-refractivity contribution in [1.29, 1.82) is 0 Å². The third-order valence-corrected chi connectivity index (χ3v) is 4.44. The number of hydrogen-bond donors (Lipinski definition) is 1. The number of aromatic nitrogens is 1. The van der Waals surface area contributed by atoms with Gasteiger partial charge in [-0.15, -0.1) is 0 Å². The predicted octanol–water partition coefficient (Wildman–Crippen LogP) is 4.14. The summed E-state index contributed by atoms with van der Waals surface area (Å²) < 4.78 is 23.9. The fourth-order valence-electron chi connectivity index (χ4n) is 2.57. The van der Waals surface area contributed by atoms with Gasteiger partial charge in [0.2, 0.25) is 0 Å². The molecule has 1 amide bonds. The number of ether oxygens (including phenoxy) is 2. The van der Waals surface area contributed by atoms with Gasteiger partial charge in [0, 0.05) is 22.2 Å². The lowest BCUT2D eigenvalue weighted by Crippen LogP contribution is -2.21. The summed E-state index contributed by atoms with van der Waals surface area (Å²) in [6.07, 6.45) is 0. The Morgan fingerprint density at radius 2 is 2.00 bits per heavy atom. The zero-order valence-corrected chi connectivity index (χ0v) is 15.8. The van der Waals surface area contributed by atoms with Crippen LogP contribution in [0.5, 0.6) is 5.75 Å². The number of esters is 1. The summed E-state index contributed by atoms with van der Waals surface area (Å²) in [5.41, 5.74) is 1.61. The van der Waals surface area contributed by atoms with Crippen LogP contribution >= 0.6 is 11.6 Å². The molecule has 0 saturated heterocycles. The molecule has 0 spiro atoms. The molecule has 3 aromatic rings. The van der Waals surface area contributed by atoms with Gasteiger partial charge in [-0.1, -0.05) is 17.7 Å². The Balaban J connectivity index is 1.84. The van der Waals surface area contributed by atoms with Gasteiger partial charge in [-0.2, -0.15) is 0 Å². The molecule has 1 aromatic heterocycles. The van der Waals surface area contributed by atoms with Gasteiger partial charge in [-0.05, 0) is 42.8 Å². The van der Waals surface area contributed by atoms with Crippen LogP contribution in [0, 0.1) is 12.7 Å². The zero-order valence-electron chi connectivity index (χ0n) is 15.1. The lowest BCUT2D eigenvalue weighted by atomic mass is 10.1. The fraction of sp³-hybridized carbons (Fsp3) is 0.150. The van der Waals surface area contributed by atoms with E-state index in [-0.39, 0.29) is 18.1 Å². The van der Waals surface area contributed by atoms with Crippen LogP contribution in [-0.2, 0) is 9.53 Å². The van der Waals surface area contributed by atoms with E-state index < -0.39 is 17.7 Å². The average Bonchev–Trinajstić information content (AvgIpc) is 2.69. The summed E-state index contributed by atoms with van der Waals surface area (Å²) in [5, 5.41) is 3.56. The average molecular weight is 403 g/mol. The number of pyridine rings is 1. The first kappa shape index (κ1) is 19.6. The van der Waals surface area contributed by atoms with Gasteiger partial charge in [0.15, 0.2) is 12.3 Å². The van der Waals surface area contributed by atoms with Crippen LogP contribution in [0.1, 0.15) is 16.1 Å². The molecule has 0 saturated carbocycles. The molecule has 8 heteroatoms. The molecule has 0 aliphatic carbocycles. The Morgan fingerprint density at radius 1 is 1.21 bits per heavy atom. The van der Waals surface area contributed by atoms with Crippen molar-refractivity contribution < 1.29 is 23.5 Å². The third kappa shape index (κ3) is 4.20. The molecular formula is C20H16ClFN2O4. The number of benzene rings is 2. The van der Waals surface area contributed by atoms with Crippen molar-refractivity contribution in [2.45, 2.75) is 6.92 Å². The number of halogens is 2. The fourth-order valence-corrected chi connectivity index (χ4v) is 2.74. The van der Waals surface area contributed by atoms with Crippen LogP contribution in [0.3, 0.4) is 0 Å². The Bertz CT molecular complexity index is 1070. The minimum absolute atomic E-state index is 0.0114. The van der Waals surface area contributed by atoms with Crippen molar-refractivity contribution in [2.75, 3.05) is 19.0 Å². The second-order valence-corrected chi connectivity index (χ2v) is 6.32. The molecule has 0 aliphatic heterocycles. The Morgan fingerprint density at radius 3 is 2.75 bits per heavy atom. The van der Waals surface area contributed by atoms with Crippen molar-refractivity contribution >= 4 is 40.1 Å². The normalized spacial score (nSPS) is 10.6. The van der Waals surface area contributed by atoms with E-state index in [1.54, 1.807) is 25.1 Å². The number of rotatable bonds is 5. The zero-order chi connectivity index (χ0) is 20.3. The van der Waals surface area contributed by atoms with E-state index in [4.69, 9.17) is 16.3 Å². The first-order valence-electron chi connectivity index (χ1n) is 8.25. The topological polar surface area (TPSA) is 77.5 Å². The summed E-state index contributed by atoms with van der Waals surface area (Å²) in [6.45, 7) is 1.42. The monoisotopic (exact) mass is 402 g/mol. The number of nitrogens with zero attached hydrogens (tertiary/aromatic N) is 1. The molecule has 0 bridgehead atoms. The second-order valence-electron chi connectivity index (χ2n) is 5.91. The molecule has 144 valence electrons. The smallest absolute Gasteiger partial charge is 0.356 e. The van der Waals surface area contributed by atoms with Gasteiger partial charge >= 0.3 is 5.97 Å². The highest BCUT2D eigenvalue weighted by molar-refractivity contribution is 6.31. The summed E-state index contributed by atoms with van der Waals surface area (Å²) in [4.78, 5) is 28.2. The van der Waals surface area contributed by atoms with Gasteiger partial charge < -0.3 is 14.8 Å². The highest BCUT2D eigenvalue weighted by Crippen LogP contribution is 2.27. The standard InChI is InChI=1S/C20H16ClFN2O4/c1-11-14(21)4-3-5-15(11)24-19(25)10-28-18-9-17(20(26)27-2)23-16-7-6-12(22)8-13(16)18/h3-9H,10H2,1-2H3,(H,24,25). The Kier molecular flexibility index (Phi) is 5.75. The van der Waals surface area contributed by atoms with Crippen LogP contribution in [0.2, 0.25) is 5.02 Å². The van der Waals surface area contributed by atoms with Crippen molar-refractivity contribution in [2.24, 2.45) is 0 Å². The first-order valence-corrected chi connectivity index (χ1v) is 8.63. The van der Waals surface area contributed by atoms with E-state index in [1.807, 2.05) is 0 Å². The molecule has 3 rings (SSSR count).